The molecule has 1 aliphatic rings. The fraction of sp³-hybridized carbons (Fsp3) is 0.333. The molecule has 0 amide bonds. The molecule has 1 aliphatic heterocycles. The Bertz CT molecular complexity index is 699. The van der Waals surface area contributed by atoms with Gasteiger partial charge < -0.3 is 10.0 Å². The van der Waals surface area contributed by atoms with E-state index >= 15 is 0 Å². The number of aliphatic hydroxyl groups excluding tert-OH is 1. The van der Waals surface area contributed by atoms with E-state index in [9.17, 15) is 9.90 Å². The molecule has 1 atom stereocenters. The van der Waals surface area contributed by atoms with E-state index in [-0.39, 0.29) is 11.9 Å². The predicted molar refractivity (Wildman–Crippen MR) is 101 cm³/mol. The van der Waals surface area contributed by atoms with Gasteiger partial charge in [0.15, 0.2) is 18.2 Å². The van der Waals surface area contributed by atoms with Crippen LogP contribution in [0.4, 0.5) is 0 Å². The van der Waals surface area contributed by atoms with Gasteiger partial charge in [-0.1, -0.05) is 30.9 Å². The highest BCUT2D eigenvalue weighted by Crippen LogP contribution is 2.17. The van der Waals surface area contributed by atoms with Crippen LogP contribution in [0.2, 0.25) is 0 Å². The molecule has 1 N–H and O–H groups in total. The molecule has 0 bridgehead atoms. The smallest absolute Gasteiger partial charge is 0.206 e. The van der Waals surface area contributed by atoms with E-state index in [0.29, 0.717) is 13.1 Å². The number of likely N-dealkylation sites (tertiary alicyclic amines) is 1. The molecular formula is C21H27N2O2+. The number of hydrogen-bond donors (Lipinski definition) is 1. The third-order valence-corrected chi connectivity index (χ3v) is 4.10. The van der Waals surface area contributed by atoms with Crippen LogP contribution in [0, 0.1) is 0 Å². The summed E-state index contributed by atoms with van der Waals surface area (Å²) in [4.78, 5) is 13.3. The van der Waals surface area contributed by atoms with Crippen molar-refractivity contribution in [3.8, 4) is 0 Å². The molecule has 4 nitrogen and oxygen atoms in total. The second-order valence-corrected chi connectivity index (χ2v) is 6.35. The number of Topliss-reactive ketones (excluding diaryl/α,β-unsaturated/α-hetero) is 1. The van der Waals surface area contributed by atoms with Crippen molar-refractivity contribution in [3.63, 3.8) is 0 Å². The zero-order valence-electron chi connectivity index (χ0n) is 15.1. The van der Waals surface area contributed by atoms with E-state index in [1.54, 1.807) is 6.92 Å². The van der Waals surface area contributed by atoms with Gasteiger partial charge in [0, 0.05) is 37.8 Å². The zero-order chi connectivity index (χ0) is 18.2. The van der Waals surface area contributed by atoms with Gasteiger partial charge in [0.1, 0.15) is 0 Å². The number of hydrogen-bond acceptors (Lipinski definition) is 3. The van der Waals surface area contributed by atoms with E-state index in [1.165, 1.54) is 0 Å². The van der Waals surface area contributed by atoms with Crippen molar-refractivity contribution in [2.75, 3.05) is 13.1 Å². The summed E-state index contributed by atoms with van der Waals surface area (Å²) in [5.41, 5.74) is 3.07. The summed E-state index contributed by atoms with van der Waals surface area (Å²) < 4.78 is 1.86. The first-order valence-corrected chi connectivity index (χ1v) is 8.61. The van der Waals surface area contributed by atoms with Crippen LogP contribution in [0.15, 0.2) is 66.7 Å². The maximum atomic E-state index is 11.1. The molecule has 0 spiro atoms. The average molecular weight is 339 g/mol. The van der Waals surface area contributed by atoms with Crippen LogP contribution in [0.1, 0.15) is 25.8 Å². The largest absolute Gasteiger partial charge is 0.391 e. The number of aromatic nitrogens is 1. The lowest BCUT2D eigenvalue weighted by Crippen LogP contribution is -2.36. The van der Waals surface area contributed by atoms with Crippen molar-refractivity contribution in [2.24, 2.45) is 0 Å². The summed E-state index contributed by atoms with van der Waals surface area (Å²) in [7, 11) is 0. The lowest BCUT2D eigenvalue weighted by Gasteiger charge is -2.18. The summed E-state index contributed by atoms with van der Waals surface area (Å²) in [6.45, 7) is 9.62. The number of pyridine rings is 1. The Kier molecular flexibility index (Phi) is 6.90. The monoisotopic (exact) mass is 339 g/mol. The highest BCUT2D eigenvalue weighted by molar-refractivity contribution is 5.73. The van der Waals surface area contributed by atoms with Gasteiger partial charge in [-0.2, -0.15) is 4.57 Å². The van der Waals surface area contributed by atoms with Crippen molar-refractivity contribution in [3.05, 3.63) is 72.2 Å². The summed E-state index contributed by atoms with van der Waals surface area (Å²) >= 11 is 0. The first kappa shape index (κ1) is 18.9. The molecule has 132 valence electrons. The maximum absolute atomic E-state index is 11.1. The Morgan fingerprint density at radius 3 is 2.64 bits per heavy atom. The fourth-order valence-electron chi connectivity index (χ4n) is 2.75. The summed E-state index contributed by atoms with van der Waals surface area (Å²) in [5.74, 6) is 0.136. The number of β-amino-alcohol motifs (C(OH)–C–C–N with tert-alkyl or cyclic N) is 1. The van der Waals surface area contributed by atoms with Crippen LogP contribution >= 0.6 is 0 Å². The van der Waals surface area contributed by atoms with E-state index in [0.717, 1.165) is 29.8 Å². The third kappa shape index (κ3) is 6.16. The summed E-state index contributed by atoms with van der Waals surface area (Å²) in [5, 5.41) is 9.66. The Morgan fingerprint density at radius 2 is 2.08 bits per heavy atom. The van der Waals surface area contributed by atoms with Crippen LogP contribution in [-0.2, 0) is 11.3 Å². The first-order chi connectivity index (χ1) is 12.0. The molecular weight excluding hydrogens is 312 g/mol. The van der Waals surface area contributed by atoms with Crippen molar-refractivity contribution >= 4 is 11.9 Å². The number of carbonyl (C=O) groups is 1. The highest BCUT2D eigenvalue weighted by Gasteiger charge is 2.20. The van der Waals surface area contributed by atoms with Crippen LogP contribution in [-0.4, -0.2) is 35.0 Å². The number of allylic oxidation sites excluding steroid dienone is 5. The van der Waals surface area contributed by atoms with Gasteiger partial charge in [-0.15, -0.1) is 0 Å². The molecule has 4 heteroatoms. The quantitative estimate of drug-likeness (QED) is 0.613. The average Bonchev–Trinajstić information content (AvgIpc) is 3.00. The Hall–Kier alpha value is -2.46. The van der Waals surface area contributed by atoms with Crippen LogP contribution < -0.4 is 4.57 Å². The van der Waals surface area contributed by atoms with Crippen LogP contribution in [0.5, 0.6) is 0 Å². The zero-order valence-corrected chi connectivity index (χ0v) is 15.1. The minimum atomic E-state index is -0.227. The second kappa shape index (κ2) is 9.14. The molecule has 0 saturated carbocycles. The molecule has 1 unspecified atom stereocenters. The number of ketones is 1. The van der Waals surface area contributed by atoms with Gasteiger partial charge in [0.25, 0.3) is 0 Å². The third-order valence-electron chi connectivity index (χ3n) is 4.10. The van der Waals surface area contributed by atoms with Gasteiger partial charge >= 0.3 is 0 Å². The molecule has 1 saturated heterocycles. The van der Waals surface area contributed by atoms with E-state index in [2.05, 4.69) is 17.6 Å². The number of aliphatic hydroxyl groups is 1. The topological polar surface area (TPSA) is 44.4 Å². The second-order valence-electron chi connectivity index (χ2n) is 6.35. The minimum absolute atomic E-state index is 0.136. The number of carbonyl (C=O) groups excluding carboxylic acids is 1. The Labute approximate surface area is 150 Å². The van der Waals surface area contributed by atoms with Crippen molar-refractivity contribution in [2.45, 2.75) is 32.9 Å². The molecule has 0 aromatic carbocycles. The molecule has 1 fully saturated rings. The highest BCUT2D eigenvalue weighted by atomic mass is 16.3. The standard InChI is InChI=1S/C21H27N2O2/c1-4-20(23-14-11-21(25)16-23)8-6-17(2)5-7-19-9-12-22(13-10-19)15-18(3)24/h4-10,12-13,21,25H,2,11,14-16H2,1,3H3/q+1/b7-5+,8-6-,20-4+. The first-order valence-electron chi connectivity index (χ1n) is 8.61. The normalized spacial score (nSPS) is 18.4. The molecule has 0 aliphatic carbocycles. The SMILES string of the molecule is C=C(/C=C\C(=C/C)N1CCC(O)C1)/C=C/c1cc[n+](CC(C)=O)cc1. The Balaban J connectivity index is 1.92. The van der Waals surface area contributed by atoms with Crippen molar-refractivity contribution in [1.82, 2.24) is 4.90 Å². The number of rotatable bonds is 7. The van der Waals surface area contributed by atoms with E-state index in [1.807, 2.05) is 60.3 Å². The molecule has 2 rings (SSSR count). The fourth-order valence-corrected chi connectivity index (χ4v) is 2.75. The van der Waals surface area contributed by atoms with E-state index in [4.69, 9.17) is 0 Å². The minimum Gasteiger partial charge on any atom is -0.391 e. The lowest BCUT2D eigenvalue weighted by atomic mass is 10.2. The van der Waals surface area contributed by atoms with Gasteiger partial charge in [-0.05, 0) is 30.6 Å². The number of nitrogens with zero attached hydrogens (tertiary/aromatic N) is 2. The Morgan fingerprint density at radius 1 is 1.36 bits per heavy atom. The van der Waals surface area contributed by atoms with Gasteiger partial charge in [-0.3, -0.25) is 4.79 Å². The van der Waals surface area contributed by atoms with Crippen molar-refractivity contribution < 1.29 is 14.5 Å². The maximum Gasteiger partial charge on any atom is 0.206 e. The van der Waals surface area contributed by atoms with Gasteiger partial charge in [0.05, 0.1) is 6.10 Å². The summed E-state index contributed by atoms with van der Waals surface area (Å²) in [6, 6.07) is 3.94. The van der Waals surface area contributed by atoms with Crippen LogP contribution in [0.3, 0.4) is 0 Å². The van der Waals surface area contributed by atoms with Gasteiger partial charge in [0.2, 0.25) is 6.54 Å². The molecule has 0 radical (unpaired) electrons. The van der Waals surface area contributed by atoms with Crippen molar-refractivity contribution in [1.29, 1.82) is 0 Å². The van der Waals surface area contributed by atoms with E-state index < -0.39 is 0 Å². The van der Waals surface area contributed by atoms with Crippen LogP contribution in [0.25, 0.3) is 6.08 Å². The molecule has 25 heavy (non-hydrogen) atoms. The van der Waals surface area contributed by atoms with Gasteiger partial charge in [-0.25, -0.2) is 0 Å². The lowest BCUT2D eigenvalue weighted by molar-refractivity contribution is -0.684. The molecule has 1 aromatic rings. The predicted octanol–water partition coefficient (Wildman–Crippen LogP) is 2.66. The molecule has 1 aromatic heterocycles. The summed E-state index contributed by atoms with van der Waals surface area (Å²) in [6.07, 6.45) is 14.4. The molecule has 2 heterocycles.